The third kappa shape index (κ3) is 2.23. The van der Waals surface area contributed by atoms with Gasteiger partial charge in [-0.15, -0.1) is 0 Å². The van der Waals surface area contributed by atoms with Gasteiger partial charge in [0, 0.05) is 0 Å². The van der Waals surface area contributed by atoms with Crippen LogP contribution in [-0.4, -0.2) is 26.2 Å². The molecule has 0 aliphatic heterocycles. The number of esters is 2. The van der Waals surface area contributed by atoms with E-state index in [1.807, 2.05) is 24.3 Å². The molecule has 4 nitrogen and oxygen atoms in total. The molecule has 4 heteroatoms. The Kier molecular flexibility index (Phi) is 3.65. The molecule has 0 N–H and O–H groups in total. The van der Waals surface area contributed by atoms with E-state index in [1.54, 1.807) is 0 Å². The summed E-state index contributed by atoms with van der Waals surface area (Å²) in [7, 11) is 2.69. The molecule has 1 aliphatic carbocycles. The summed E-state index contributed by atoms with van der Waals surface area (Å²) < 4.78 is 9.57. The van der Waals surface area contributed by atoms with E-state index in [0.29, 0.717) is 12.8 Å². The van der Waals surface area contributed by atoms with Crippen molar-refractivity contribution in [1.29, 1.82) is 0 Å². The lowest BCUT2D eigenvalue weighted by Gasteiger charge is -2.29. The van der Waals surface area contributed by atoms with Crippen LogP contribution in [0.3, 0.4) is 0 Å². The van der Waals surface area contributed by atoms with Crippen LogP contribution < -0.4 is 0 Å². The first-order valence-electron chi connectivity index (χ1n) is 5.89. The predicted octanol–water partition coefficient (Wildman–Crippen LogP) is 1.36. The van der Waals surface area contributed by atoms with E-state index in [2.05, 4.69) is 0 Å². The highest BCUT2D eigenvalue weighted by atomic mass is 16.5. The maximum Gasteiger partial charge on any atom is 0.309 e. The van der Waals surface area contributed by atoms with Gasteiger partial charge in [0.1, 0.15) is 0 Å². The molecular formula is C14H16O4. The van der Waals surface area contributed by atoms with Gasteiger partial charge in [0.2, 0.25) is 0 Å². The largest absolute Gasteiger partial charge is 0.469 e. The van der Waals surface area contributed by atoms with Crippen molar-refractivity contribution in [1.82, 2.24) is 0 Å². The van der Waals surface area contributed by atoms with Crippen molar-refractivity contribution in [2.45, 2.75) is 12.8 Å². The van der Waals surface area contributed by atoms with Gasteiger partial charge in [-0.05, 0) is 24.0 Å². The molecule has 0 spiro atoms. The van der Waals surface area contributed by atoms with E-state index in [-0.39, 0.29) is 11.9 Å². The van der Waals surface area contributed by atoms with Crippen molar-refractivity contribution in [3.63, 3.8) is 0 Å². The molecule has 96 valence electrons. The molecule has 2 rings (SSSR count). The zero-order valence-electron chi connectivity index (χ0n) is 10.5. The Morgan fingerprint density at radius 2 is 1.33 bits per heavy atom. The van der Waals surface area contributed by atoms with E-state index in [1.165, 1.54) is 14.2 Å². The maximum absolute atomic E-state index is 11.8. The first-order valence-corrected chi connectivity index (χ1v) is 5.89. The summed E-state index contributed by atoms with van der Waals surface area (Å²) in [4.78, 5) is 23.6. The molecule has 0 saturated carbocycles. The van der Waals surface area contributed by atoms with Crippen LogP contribution in [0.15, 0.2) is 24.3 Å². The minimum atomic E-state index is -0.447. The summed E-state index contributed by atoms with van der Waals surface area (Å²) in [5.74, 6) is -1.59. The van der Waals surface area contributed by atoms with Crippen molar-refractivity contribution in [2.24, 2.45) is 11.8 Å². The lowest BCUT2D eigenvalue weighted by molar-refractivity contribution is -0.158. The number of methoxy groups -OCH3 is 2. The second-order valence-electron chi connectivity index (χ2n) is 4.44. The highest BCUT2D eigenvalue weighted by Crippen LogP contribution is 2.31. The maximum atomic E-state index is 11.8. The summed E-state index contributed by atoms with van der Waals surface area (Å²) >= 11 is 0. The fourth-order valence-corrected chi connectivity index (χ4v) is 2.51. The van der Waals surface area contributed by atoms with Gasteiger partial charge in [0.05, 0.1) is 26.1 Å². The molecule has 18 heavy (non-hydrogen) atoms. The van der Waals surface area contributed by atoms with Gasteiger partial charge in [0.25, 0.3) is 0 Å². The van der Waals surface area contributed by atoms with Crippen LogP contribution in [0.1, 0.15) is 11.1 Å². The van der Waals surface area contributed by atoms with E-state index in [9.17, 15) is 9.59 Å². The van der Waals surface area contributed by atoms with Crippen molar-refractivity contribution >= 4 is 11.9 Å². The van der Waals surface area contributed by atoms with E-state index in [4.69, 9.17) is 9.47 Å². The number of benzene rings is 1. The van der Waals surface area contributed by atoms with Gasteiger partial charge in [-0.2, -0.15) is 0 Å². The third-order valence-corrected chi connectivity index (χ3v) is 3.49. The van der Waals surface area contributed by atoms with Gasteiger partial charge >= 0.3 is 11.9 Å². The van der Waals surface area contributed by atoms with Gasteiger partial charge < -0.3 is 9.47 Å². The van der Waals surface area contributed by atoms with E-state index >= 15 is 0 Å². The summed E-state index contributed by atoms with van der Waals surface area (Å²) in [5.41, 5.74) is 2.21. The Labute approximate surface area is 106 Å². The Hall–Kier alpha value is -1.84. The van der Waals surface area contributed by atoms with Crippen LogP contribution >= 0.6 is 0 Å². The van der Waals surface area contributed by atoms with Gasteiger partial charge in [-0.1, -0.05) is 24.3 Å². The van der Waals surface area contributed by atoms with Gasteiger partial charge in [0.15, 0.2) is 0 Å². The van der Waals surface area contributed by atoms with E-state index < -0.39 is 11.8 Å². The predicted molar refractivity (Wildman–Crippen MR) is 64.9 cm³/mol. The first kappa shape index (κ1) is 12.6. The second-order valence-corrected chi connectivity index (χ2v) is 4.44. The second kappa shape index (κ2) is 5.21. The average molecular weight is 248 g/mol. The Morgan fingerprint density at radius 1 is 0.944 bits per heavy atom. The SMILES string of the molecule is COC(=O)[C@H]1Cc2ccccc2C[C@H]1C(=O)OC. The topological polar surface area (TPSA) is 52.6 Å². The normalized spacial score (nSPS) is 21.9. The molecular weight excluding hydrogens is 232 g/mol. The van der Waals surface area contributed by atoms with Crippen LogP contribution in [0.25, 0.3) is 0 Å². The number of hydrogen-bond acceptors (Lipinski definition) is 4. The number of carbonyl (C=O) groups excluding carboxylic acids is 2. The third-order valence-electron chi connectivity index (χ3n) is 3.49. The molecule has 0 radical (unpaired) electrons. The lowest BCUT2D eigenvalue weighted by Crippen LogP contribution is -2.37. The molecule has 0 aromatic heterocycles. The number of rotatable bonds is 2. The monoisotopic (exact) mass is 248 g/mol. The van der Waals surface area contributed by atoms with Crippen molar-refractivity contribution in [3.8, 4) is 0 Å². The van der Waals surface area contributed by atoms with E-state index in [0.717, 1.165) is 11.1 Å². The summed E-state index contributed by atoms with van der Waals surface area (Å²) in [6.07, 6.45) is 1.06. The zero-order chi connectivity index (χ0) is 13.1. The molecule has 1 aromatic carbocycles. The molecule has 0 unspecified atom stereocenters. The minimum Gasteiger partial charge on any atom is -0.469 e. The smallest absolute Gasteiger partial charge is 0.309 e. The lowest BCUT2D eigenvalue weighted by atomic mass is 9.76. The van der Waals surface area contributed by atoms with Crippen molar-refractivity contribution in [3.05, 3.63) is 35.4 Å². The fraction of sp³-hybridized carbons (Fsp3) is 0.429. The number of carbonyl (C=O) groups is 2. The summed E-state index contributed by atoms with van der Waals surface area (Å²) in [6, 6.07) is 7.84. The zero-order valence-corrected chi connectivity index (χ0v) is 10.5. The Bertz CT molecular complexity index is 424. The molecule has 0 bridgehead atoms. The fourth-order valence-electron chi connectivity index (χ4n) is 2.51. The quantitative estimate of drug-likeness (QED) is 0.742. The highest BCUT2D eigenvalue weighted by molar-refractivity contribution is 5.83. The molecule has 2 atom stereocenters. The van der Waals surface area contributed by atoms with Crippen LogP contribution in [0.4, 0.5) is 0 Å². The van der Waals surface area contributed by atoms with Crippen molar-refractivity contribution < 1.29 is 19.1 Å². The first-order chi connectivity index (χ1) is 8.67. The summed E-state index contributed by atoms with van der Waals surface area (Å²) in [6.45, 7) is 0. The minimum absolute atomic E-state index is 0.347. The van der Waals surface area contributed by atoms with Crippen LogP contribution in [-0.2, 0) is 31.9 Å². The number of fused-ring (bicyclic) bond motifs is 1. The summed E-state index contributed by atoms with van der Waals surface area (Å²) in [5, 5.41) is 0. The van der Waals surface area contributed by atoms with Crippen molar-refractivity contribution in [2.75, 3.05) is 14.2 Å². The standard InChI is InChI=1S/C14H16O4/c1-17-13(15)11-7-9-5-3-4-6-10(9)8-12(11)14(16)18-2/h3-6,11-12H,7-8H2,1-2H3/t11-,12+. The van der Waals surface area contributed by atoms with Crippen LogP contribution in [0, 0.1) is 11.8 Å². The molecule has 0 amide bonds. The molecule has 0 saturated heterocycles. The van der Waals surface area contributed by atoms with Crippen LogP contribution in [0.5, 0.6) is 0 Å². The molecule has 0 fully saturated rings. The number of ether oxygens (including phenoxy) is 2. The van der Waals surface area contributed by atoms with Gasteiger partial charge in [-0.3, -0.25) is 9.59 Å². The Morgan fingerprint density at radius 3 is 1.67 bits per heavy atom. The highest BCUT2D eigenvalue weighted by Gasteiger charge is 2.39. The average Bonchev–Trinajstić information content (AvgIpc) is 2.44. The molecule has 0 heterocycles. The van der Waals surface area contributed by atoms with Crippen LogP contribution in [0.2, 0.25) is 0 Å². The van der Waals surface area contributed by atoms with Gasteiger partial charge in [-0.25, -0.2) is 0 Å². The molecule has 1 aliphatic rings. The molecule has 1 aromatic rings. The Balaban J connectivity index is 2.33. The number of hydrogen-bond donors (Lipinski definition) is 0.